The zero-order valence-electron chi connectivity index (χ0n) is 12.6. The van der Waals surface area contributed by atoms with E-state index in [0.29, 0.717) is 24.8 Å². The Balaban J connectivity index is 1.90. The first-order valence-corrected chi connectivity index (χ1v) is 7.37. The largest absolute Gasteiger partial charge is 0.406 e. The monoisotopic (exact) mass is 318 g/mol. The van der Waals surface area contributed by atoms with Crippen molar-refractivity contribution in [3.63, 3.8) is 0 Å². The summed E-state index contributed by atoms with van der Waals surface area (Å²) < 4.78 is 38.7. The lowest BCUT2D eigenvalue weighted by atomic mass is 9.98. The second-order valence-electron chi connectivity index (χ2n) is 5.77. The Bertz CT molecular complexity index is 501. The molecule has 0 spiro atoms. The summed E-state index contributed by atoms with van der Waals surface area (Å²) >= 11 is 0. The van der Waals surface area contributed by atoms with Crippen LogP contribution < -0.4 is 5.32 Å². The van der Waals surface area contributed by atoms with E-state index in [0.717, 1.165) is 30.5 Å². The minimum atomic E-state index is -4.24. The van der Waals surface area contributed by atoms with Crippen molar-refractivity contribution in [3.05, 3.63) is 18.2 Å². The van der Waals surface area contributed by atoms with Crippen molar-refractivity contribution < 1.29 is 18.0 Å². The van der Waals surface area contributed by atoms with Crippen molar-refractivity contribution in [2.75, 3.05) is 19.6 Å². The summed E-state index contributed by atoms with van der Waals surface area (Å²) in [5.41, 5.74) is 0. The number of likely N-dealkylation sites (tertiary alicyclic amines) is 1. The summed E-state index contributed by atoms with van der Waals surface area (Å²) in [6, 6.07) is 0. The van der Waals surface area contributed by atoms with Gasteiger partial charge in [0.1, 0.15) is 12.4 Å². The Labute approximate surface area is 127 Å². The number of nitrogens with zero attached hydrogens (tertiary/aromatic N) is 3. The van der Waals surface area contributed by atoms with Crippen LogP contribution in [0.15, 0.2) is 12.4 Å². The molecule has 0 bridgehead atoms. The second-order valence-corrected chi connectivity index (χ2v) is 5.77. The fourth-order valence-electron chi connectivity index (χ4n) is 2.78. The number of halogens is 3. The standard InChI is InChI=1S/C14H21F3N4O/c1-11(22)19-7-12-3-2-5-20(8-12)9-13-18-4-6-21(13)10-14(15,16)17/h4,6,12H,2-3,5,7-10H2,1H3,(H,19,22). The lowest BCUT2D eigenvalue weighted by Crippen LogP contribution is -2.40. The first kappa shape index (κ1) is 16.8. The van der Waals surface area contributed by atoms with Gasteiger partial charge in [0.05, 0.1) is 6.54 Å². The molecule has 0 radical (unpaired) electrons. The normalized spacial score (nSPS) is 20.1. The predicted molar refractivity (Wildman–Crippen MR) is 75.0 cm³/mol. The highest BCUT2D eigenvalue weighted by Gasteiger charge is 2.29. The molecule has 0 aromatic carbocycles. The molecule has 2 heterocycles. The molecule has 1 aliphatic rings. The highest BCUT2D eigenvalue weighted by atomic mass is 19.4. The van der Waals surface area contributed by atoms with E-state index in [-0.39, 0.29) is 5.91 Å². The van der Waals surface area contributed by atoms with Crippen LogP contribution in [0.1, 0.15) is 25.6 Å². The number of hydrogen-bond donors (Lipinski definition) is 1. The van der Waals surface area contributed by atoms with Crippen LogP contribution in [-0.2, 0) is 17.9 Å². The maximum Gasteiger partial charge on any atom is 0.406 e. The number of rotatable bonds is 5. The minimum absolute atomic E-state index is 0.0576. The van der Waals surface area contributed by atoms with Crippen LogP contribution in [0.3, 0.4) is 0 Å². The molecule has 5 nitrogen and oxygen atoms in total. The molecule has 0 aliphatic carbocycles. The molecule has 1 unspecified atom stereocenters. The van der Waals surface area contributed by atoms with E-state index in [4.69, 9.17) is 0 Å². The Morgan fingerprint density at radius 3 is 2.95 bits per heavy atom. The van der Waals surface area contributed by atoms with Gasteiger partial charge in [-0.05, 0) is 25.3 Å². The van der Waals surface area contributed by atoms with Crippen molar-refractivity contribution >= 4 is 5.91 Å². The second kappa shape index (κ2) is 7.13. The molecule has 1 N–H and O–H groups in total. The summed E-state index contributed by atoms with van der Waals surface area (Å²) in [6.07, 6.45) is 0.519. The van der Waals surface area contributed by atoms with Crippen LogP contribution in [0.4, 0.5) is 13.2 Å². The van der Waals surface area contributed by atoms with Gasteiger partial charge in [-0.25, -0.2) is 4.98 Å². The van der Waals surface area contributed by atoms with E-state index >= 15 is 0 Å². The number of alkyl halides is 3. The highest BCUT2D eigenvalue weighted by molar-refractivity contribution is 5.72. The van der Waals surface area contributed by atoms with Crippen LogP contribution in [0.25, 0.3) is 0 Å². The van der Waals surface area contributed by atoms with Gasteiger partial charge in [-0.15, -0.1) is 0 Å². The maximum absolute atomic E-state index is 12.5. The van der Waals surface area contributed by atoms with Gasteiger partial charge in [0.25, 0.3) is 0 Å². The molecule has 1 atom stereocenters. The molecule has 0 saturated carbocycles. The molecule has 1 saturated heterocycles. The van der Waals surface area contributed by atoms with Gasteiger partial charge in [0.15, 0.2) is 0 Å². The van der Waals surface area contributed by atoms with Crippen molar-refractivity contribution in [2.45, 2.75) is 39.0 Å². The molecule has 1 aliphatic heterocycles. The van der Waals surface area contributed by atoms with Gasteiger partial charge in [-0.3, -0.25) is 9.69 Å². The lowest BCUT2D eigenvalue weighted by molar-refractivity contribution is -0.141. The van der Waals surface area contributed by atoms with Gasteiger partial charge in [-0.1, -0.05) is 0 Å². The molecule has 1 aromatic rings. The van der Waals surface area contributed by atoms with Gasteiger partial charge in [0, 0.05) is 32.4 Å². The number of nitrogens with one attached hydrogen (secondary N) is 1. The first-order chi connectivity index (χ1) is 10.3. The molecule has 1 fully saturated rings. The van der Waals surface area contributed by atoms with Crippen LogP contribution in [0.2, 0.25) is 0 Å². The first-order valence-electron chi connectivity index (χ1n) is 7.37. The summed E-state index contributed by atoms with van der Waals surface area (Å²) in [4.78, 5) is 17.1. The summed E-state index contributed by atoms with van der Waals surface area (Å²) in [6.45, 7) is 3.09. The number of carbonyl (C=O) groups excluding carboxylic acids is 1. The van der Waals surface area contributed by atoms with Crippen molar-refractivity contribution in [1.29, 1.82) is 0 Å². The number of aromatic nitrogens is 2. The summed E-state index contributed by atoms with van der Waals surface area (Å²) in [5, 5.41) is 2.80. The van der Waals surface area contributed by atoms with Crippen LogP contribution in [0.5, 0.6) is 0 Å². The Hall–Kier alpha value is -1.57. The Morgan fingerprint density at radius 2 is 2.27 bits per heavy atom. The molecule has 1 aromatic heterocycles. The van der Waals surface area contributed by atoms with Gasteiger partial charge in [-0.2, -0.15) is 13.2 Å². The smallest absolute Gasteiger partial charge is 0.356 e. The fourth-order valence-corrected chi connectivity index (χ4v) is 2.78. The Kier molecular flexibility index (Phi) is 5.44. The number of hydrogen-bond acceptors (Lipinski definition) is 3. The fraction of sp³-hybridized carbons (Fsp3) is 0.714. The summed E-state index contributed by atoms with van der Waals surface area (Å²) in [7, 11) is 0. The number of imidazole rings is 1. The van der Waals surface area contributed by atoms with E-state index in [1.165, 1.54) is 19.3 Å². The zero-order chi connectivity index (χ0) is 16.2. The third kappa shape index (κ3) is 5.32. The van der Waals surface area contributed by atoms with Gasteiger partial charge >= 0.3 is 6.18 Å². The van der Waals surface area contributed by atoms with Crippen molar-refractivity contribution in [2.24, 2.45) is 5.92 Å². The molecule has 124 valence electrons. The molecular weight excluding hydrogens is 297 g/mol. The third-order valence-corrected chi connectivity index (χ3v) is 3.76. The van der Waals surface area contributed by atoms with Crippen LogP contribution >= 0.6 is 0 Å². The van der Waals surface area contributed by atoms with Gasteiger partial charge < -0.3 is 9.88 Å². The molecule has 1 amide bonds. The van der Waals surface area contributed by atoms with Crippen LogP contribution in [-0.4, -0.2) is 46.2 Å². The molecule has 8 heteroatoms. The number of amides is 1. The average Bonchev–Trinajstić information content (AvgIpc) is 2.82. The Morgan fingerprint density at radius 1 is 1.50 bits per heavy atom. The quantitative estimate of drug-likeness (QED) is 0.900. The lowest BCUT2D eigenvalue weighted by Gasteiger charge is -2.32. The number of carbonyl (C=O) groups is 1. The van der Waals surface area contributed by atoms with E-state index in [9.17, 15) is 18.0 Å². The van der Waals surface area contributed by atoms with E-state index < -0.39 is 12.7 Å². The van der Waals surface area contributed by atoms with Crippen LogP contribution in [0, 0.1) is 5.92 Å². The predicted octanol–water partition coefficient (Wildman–Crippen LogP) is 1.79. The minimum Gasteiger partial charge on any atom is -0.356 e. The van der Waals surface area contributed by atoms with E-state index in [1.54, 1.807) is 0 Å². The SMILES string of the molecule is CC(=O)NCC1CCCN(Cc2nccn2CC(F)(F)F)C1. The third-order valence-electron chi connectivity index (χ3n) is 3.76. The zero-order valence-corrected chi connectivity index (χ0v) is 12.6. The highest BCUT2D eigenvalue weighted by Crippen LogP contribution is 2.21. The van der Waals surface area contributed by atoms with Gasteiger partial charge in [0.2, 0.25) is 5.91 Å². The van der Waals surface area contributed by atoms with E-state index in [2.05, 4.69) is 15.2 Å². The van der Waals surface area contributed by atoms with Crippen molar-refractivity contribution in [1.82, 2.24) is 19.8 Å². The topological polar surface area (TPSA) is 50.2 Å². The average molecular weight is 318 g/mol. The molecule has 22 heavy (non-hydrogen) atoms. The van der Waals surface area contributed by atoms with Crippen molar-refractivity contribution in [3.8, 4) is 0 Å². The molecule has 2 rings (SSSR count). The maximum atomic E-state index is 12.5. The van der Waals surface area contributed by atoms with E-state index in [1.807, 2.05) is 0 Å². The summed E-state index contributed by atoms with van der Waals surface area (Å²) in [5.74, 6) is 0.707. The molecular formula is C14H21F3N4O. The number of piperidine rings is 1.